The summed E-state index contributed by atoms with van der Waals surface area (Å²) in [6, 6.07) is 15.6. The van der Waals surface area contributed by atoms with Gasteiger partial charge in [-0.25, -0.2) is 0 Å². The number of benzene rings is 2. The van der Waals surface area contributed by atoms with Crippen molar-refractivity contribution in [1.82, 2.24) is 0 Å². The highest BCUT2D eigenvalue weighted by molar-refractivity contribution is 5.84. The number of ketones is 1. The second-order valence-electron chi connectivity index (χ2n) is 6.41. The summed E-state index contributed by atoms with van der Waals surface area (Å²) in [6.07, 6.45) is -4.11. The highest BCUT2D eigenvalue weighted by Gasteiger charge is 2.37. The maximum atomic E-state index is 12.2. The van der Waals surface area contributed by atoms with E-state index in [1.54, 1.807) is 12.1 Å². The van der Waals surface area contributed by atoms with Gasteiger partial charge in [0, 0.05) is 6.42 Å². The van der Waals surface area contributed by atoms with Gasteiger partial charge in [0.15, 0.2) is 0 Å². The van der Waals surface area contributed by atoms with Crippen LogP contribution in [0.5, 0.6) is 0 Å². The van der Waals surface area contributed by atoms with E-state index in [9.17, 15) is 18.0 Å². The average molecular weight is 334 g/mol. The summed E-state index contributed by atoms with van der Waals surface area (Å²) in [5.41, 5.74) is 4.10. The van der Waals surface area contributed by atoms with Gasteiger partial charge >= 0.3 is 6.18 Å². The van der Waals surface area contributed by atoms with E-state index < -0.39 is 18.4 Å². The topological polar surface area (TPSA) is 17.1 Å². The third-order valence-electron chi connectivity index (χ3n) is 3.84. The van der Waals surface area contributed by atoms with Gasteiger partial charge < -0.3 is 0 Å². The molecular formula is C20H21F3O. The number of hydrogen-bond acceptors (Lipinski definition) is 1. The van der Waals surface area contributed by atoms with Gasteiger partial charge in [0.05, 0.1) is 0 Å². The van der Waals surface area contributed by atoms with E-state index in [2.05, 4.69) is 38.1 Å². The molecule has 0 aromatic heterocycles. The van der Waals surface area contributed by atoms with Crippen LogP contribution in [0.15, 0.2) is 48.5 Å². The highest BCUT2D eigenvalue weighted by Crippen LogP contribution is 2.23. The minimum absolute atomic E-state index is 0.103. The van der Waals surface area contributed by atoms with Crippen LogP contribution in [-0.2, 0) is 17.6 Å². The van der Waals surface area contributed by atoms with Gasteiger partial charge in [-0.05, 0) is 41.0 Å². The molecule has 0 aliphatic rings. The maximum absolute atomic E-state index is 12.2. The van der Waals surface area contributed by atoms with Crippen molar-refractivity contribution in [2.45, 2.75) is 39.3 Å². The first kappa shape index (κ1) is 18.2. The van der Waals surface area contributed by atoms with Gasteiger partial charge in [0.2, 0.25) is 5.78 Å². The van der Waals surface area contributed by atoms with Crippen molar-refractivity contribution in [2.75, 3.05) is 0 Å². The number of hydrogen-bond donors (Lipinski definition) is 0. The molecule has 0 aliphatic heterocycles. The van der Waals surface area contributed by atoms with Crippen molar-refractivity contribution in [3.63, 3.8) is 0 Å². The number of carbonyl (C=O) groups is 1. The van der Waals surface area contributed by atoms with Gasteiger partial charge in [-0.2, -0.15) is 13.2 Å². The lowest BCUT2D eigenvalue weighted by molar-refractivity contribution is -0.171. The van der Waals surface area contributed by atoms with E-state index in [0.717, 1.165) is 23.1 Å². The maximum Gasteiger partial charge on any atom is 0.449 e. The number of halogens is 3. The molecule has 0 N–H and O–H groups in total. The Morgan fingerprint density at radius 2 is 1.33 bits per heavy atom. The fourth-order valence-corrected chi connectivity index (χ4v) is 2.57. The van der Waals surface area contributed by atoms with Gasteiger partial charge in [0.1, 0.15) is 0 Å². The molecule has 24 heavy (non-hydrogen) atoms. The second-order valence-corrected chi connectivity index (χ2v) is 6.41. The van der Waals surface area contributed by atoms with Gasteiger partial charge in [0.25, 0.3) is 0 Å². The quantitative estimate of drug-likeness (QED) is 0.670. The third kappa shape index (κ3) is 5.22. The Hall–Kier alpha value is -2.10. The Kier molecular flexibility index (Phi) is 5.81. The van der Waals surface area contributed by atoms with Crippen molar-refractivity contribution in [2.24, 2.45) is 5.92 Å². The molecule has 0 spiro atoms. The third-order valence-corrected chi connectivity index (χ3v) is 3.84. The molecule has 0 saturated heterocycles. The Balaban J connectivity index is 2.00. The Morgan fingerprint density at radius 3 is 1.75 bits per heavy atom. The first-order chi connectivity index (χ1) is 11.3. The Bertz CT molecular complexity index is 668. The summed E-state index contributed by atoms with van der Waals surface area (Å²) in [5, 5.41) is 0. The van der Waals surface area contributed by atoms with Crippen LogP contribution in [0.3, 0.4) is 0 Å². The zero-order chi connectivity index (χ0) is 17.7. The van der Waals surface area contributed by atoms with Crippen LogP contribution in [0.25, 0.3) is 11.1 Å². The molecular weight excluding hydrogens is 313 g/mol. The van der Waals surface area contributed by atoms with Crippen LogP contribution in [0.4, 0.5) is 13.2 Å². The van der Waals surface area contributed by atoms with Crippen molar-refractivity contribution >= 4 is 5.78 Å². The second kappa shape index (κ2) is 7.65. The summed E-state index contributed by atoms with van der Waals surface area (Å²) in [5.74, 6) is -1.07. The van der Waals surface area contributed by atoms with Crippen LogP contribution in [-0.4, -0.2) is 12.0 Å². The normalized spacial score (nSPS) is 11.8. The minimum atomic E-state index is -4.74. The zero-order valence-electron chi connectivity index (χ0n) is 13.9. The van der Waals surface area contributed by atoms with E-state index in [0.29, 0.717) is 5.92 Å². The molecule has 0 radical (unpaired) electrons. The molecule has 128 valence electrons. The van der Waals surface area contributed by atoms with E-state index in [1.165, 1.54) is 5.56 Å². The Labute approximate surface area is 140 Å². The molecule has 4 heteroatoms. The molecule has 0 atom stereocenters. The van der Waals surface area contributed by atoms with E-state index in [-0.39, 0.29) is 6.42 Å². The van der Waals surface area contributed by atoms with Crippen molar-refractivity contribution in [1.29, 1.82) is 0 Å². The van der Waals surface area contributed by atoms with Crippen LogP contribution in [0, 0.1) is 5.92 Å². The van der Waals surface area contributed by atoms with Crippen LogP contribution < -0.4 is 0 Å². The number of rotatable bonds is 6. The van der Waals surface area contributed by atoms with Gasteiger partial charge in [-0.15, -0.1) is 0 Å². The molecule has 0 amide bonds. The summed E-state index contributed by atoms with van der Waals surface area (Å²) in [4.78, 5) is 10.9. The van der Waals surface area contributed by atoms with Crippen molar-refractivity contribution in [3.8, 4) is 11.1 Å². The van der Waals surface area contributed by atoms with Gasteiger partial charge in [-0.1, -0.05) is 62.4 Å². The zero-order valence-corrected chi connectivity index (χ0v) is 13.9. The van der Waals surface area contributed by atoms with Crippen molar-refractivity contribution < 1.29 is 18.0 Å². The van der Waals surface area contributed by atoms with Crippen LogP contribution in [0.1, 0.15) is 31.4 Å². The largest absolute Gasteiger partial charge is 0.449 e. The lowest BCUT2D eigenvalue weighted by atomic mass is 9.98. The fraction of sp³-hybridized carbons (Fsp3) is 0.350. The minimum Gasteiger partial charge on any atom is -0.290 e. The molecule has 2 aromatic rings. The summed E-state index contributed by atoms with van der Waals surface area (Å²) in [7, 11) is 0. The summed E-state index contributed by atoms with van der Waals surface area (Å²) < 4.78 is 36.6. The molecule has 0 heterocycles. The van der Waals surface area contributed by atoms with E-state index >= 15 is 0 Å². The summed E-state index contributed by atoms with van der Waals surface area (Å²) >= 11 is 0. The predicted octanol–water partition coefficient (Wildman–Crippen LogP) is 5.62. The number of alkyl halides is 3. The molecule has 2 aromatic carbocycles. The number of carbonyl (C=O) groups excluding carboxylic acids is 1. The number of Topliss-reactive ketones (excluding diaryl/α,β-unsaturated/α-hetero) is 1. The van der Waals surface area contributed by atoms with Crippen LogP contribution >= 0.6 is 0 Å². The molecule has 0 bridgehead atoms. The first-order valence-electron chi connectivity index (χ1n) is 8.04. The van der Waals surface area contributed by atoms with Crippen molar-refractivity contribution in [3.05, 3.63) is 59.7 Å². The smallest absolute Gasteiger partial charge is 0.290 e. The van der Waals surface area contributed by atoms with Crippen LogP contribution in [0.2, 0.25) is 0 Å². The summed E-state index contributed by atoms with van der Waals surface area (Å²) in [6.45, 7) is 4.35. The fourth-order valence-electron chi connectivity index (χ4n) is 2.57. The lowest BCUT2D eigenvalue weighted by Crippen LogP contribution is -2.22. The average Bonchev–Trinajstić information content (AvgIpc) is 2.52. The molecule has 2 rings (SSSR count). The predicted molar refractivity (Wildman–Crippen MR) is 89.8 cm³/mol. The number of aryl methyl sites for hydroxylation is 1. The van der Waals surface area contributed by atoms with E-state index in [4.69, 9.17) is 0 Å². The molecule has 1 nitrogen and oxygen atoms in total. The molecule has 0 aliphatic carbocycles. The van der Waals surface area contributed by atoms with E-state index in [1.807, 2.05) is 12.1 Å². The standard InChI is InChI=1S/C20H21F3O/c1-14(2)13-16-5-10-18(11-6-16)17-8-3-15(4-9-17)7-12-19(24)20(21,22)23/h3-6,8-11,14H,7,12-13H2,1-2H3. The Morgan fingerprint density at radius 1 is 0.875 bits per heavy atom. The molecule has 0 fully saturated rings. The highest BCUT2D eigenvalue weighted by atomic mass is 19.4. The monoisotopic (exact) mass is 334 g/mol. The lowest BCUT2D eigenvalue weighted by Gasteiger charge is -2.08. The SMILES string of the molecule is CC(C)Cc1ccc(-c2ccc(CCC(=O)C(F)(F)F)cc2)cc1. The van der Waals surface area contributed by atoms with Gasteiger partial charge in [-0.3, -0.25) is 4.79 Å². The molecule has 0 unspecified atom stereocenters. The first-order valence-corrected chi connectivity index (χ1v) is 8.04. The molecule has 0 saturated carbocycles.